The molecule has 4 heteroatoms. The molecule has 1 aromatic rings. The molecule has 0 amide bonds. The zero-order chi connectivity index (χ0) is 13.7. The Morgan fingerprint density at radius 2 is 2.00 bits per heavy atom. The highest BCUT2D eigenvalue weighted by molar-refractivity contribution is 5.39. The van der Waals surface area contributed by atoms with Gasteiger partial charge in [-0.25, -0.2) is 0 Å². The predicted molar refractivity (Wildman–Crippen MR) is 74.7 cm³/mol. The third-order valence-corrected chi connectivity index (χ3v) is 3.50. The van der Waals surface area contributed by atoms with Crippen LogP contribution in [0.2, 0.25) is 0 Å². The fourth-order valence-electron chi connectivity index (χ4n) is 2.07. The molecular weight excluding hydrogens is 242 g/mol. The highest BCUT2D eigenvalue weighted by Gasteiger charge is 2.27. The monoisotopic (exact) mass is 265 g/mol. The van der Waals surface area contributed by atoms with Gasteiger partial charge in [-0.1, -0.05) is 12.1 Å². The van der Waals surface area contributed by atoms with Crippen molar-refractivity contribution in [3.8, 4) is 11.5 Å². The second kappa shape index (κ2) is 6.78. The van der Waals surface area contributed by atoms with Crippen LogP contribution >= 0.6 is 0 Å². The van der Waals surface area contributed by atoms with Crippen molar-refractivity contribution in [1.82, 2.24) is 5.32 Å². The fourth-order valence-corrected chi connectivity index (χ4v) is 2.07. The number of nitrogens with one attached hydrogen (secondary N) is 1. The number of aliphatic hydroxyl groups excluding tert-OH is 1. The molecule has 2 unspecified atom stereocenters. The Hall–Kier alpha value is -1.26. The van der Waals surface area contributed by atoms with Crippen molar-refractivity contribution in [2.24, 2.45) is 5.92 Å². The Bertz CT molecular complexity index is 393. The molecule has 106 valence electrons. The van der Waals surface area contributed by atoms with Crippen LogP contribution in [0.15, 0.2) is 24.3 Å². The molecule has 0 aromatic heterocycles. The van der Waals surface area contributed by atoms with Crippen LogP contribution in [0.1, 0.15) is 19.8 Å². The van der Waals surface area contributed by atoms with Crippen molar-refractivity contribution in [2.75, 3.05) is 20.3 Å². The maximum Gasteiger partial charge on any atom is 0.161 e. The van der Waals surface area contributed by atoms with Crippen LogP contribution in [0.3, 0.4) is 0 Å². The molecule has 2 atom stereocenters. The third kappa shape index (κ3) is 4.40. The smallest absolute Gasteiger partial charge is 0.161 e. The van der Waals surface area contributed by atoms with Gasteiger partial charge in [0, 0.05) is 12.6 Å². The Kier molecular flexibility index (Phi) is 5.05. The molecule has 1 fully saturated rings. The van der Waals surface area contributed by atoms with Crippen LogP contribution in [0.5, 0.6) is 11.5 Å². The first-order chi connectivity index (χ1) is 9.20. The summed E-state index contributed by atoms with van der Waals surface area (Å²) in [5.41, 5.74) is 0. The highest BCUT2D eigenvalue weighted by atomic mass is 16.5. The number of hydrogen-bond donors (Lipinski definition) is 2. The van der Waals surface area contributed by atoms with Crippen LogP contribution in [0, 0.1) is 5.92 Å². The summed E-state index contributed by atoms with van der Waals surface area (Å²) in [6.07, 6.45) is 2.11. The summed E-state index contributed by atoms with van der Waals surface area (Å²) in [5.74, 6) is 2.15. The summed E-state index contributed by atoms with van der Waals surface area (Å²) in [5, 5.41) is 13.2. The first-order valence-corrected chi connectivity index (χ1v) is 6.88. The van der Waals surface area contributed by atoms with Gasteiger partial charge in [-0.15, -0.1) is 0 Å². The number of benzene rings is 1. The first kappa shape index (κ1) is 14.2. The second-order valence-electron chi connectivity index (χ2n) is 5.15. The molecule has 19 heavy (non-hydrogen) atoms. The zero-order valence-electron chi connectivity index (χ0n) is 11.6. The van der Waals surface area contributed by atoms with Crippen molar-refractivity contribution in [3.63, 3.8) is 0 Å². The standard InChI is InChI=1S/C15H23NO3/c1-11(12-7-8-12)16-9-13(17)10-19-15-6-4-3-5-14(15)18-2/h3-6,11-13,16-17H,7-10H2,1-2H3. The van der Waals surface area contributed by atoms with E-state index in [0.29, 0.717) is 24.1 Å². The van der Waals surface area contributed by atoms with E-state index >= 15 is 0 Å². The maximum absolute atomic E-state index is 9.90. The van der Waals surface area contributed by atoms with Crippen LogP contribution in [0.25, 0.3) is 0 Å². The lowest BCUT2D eigenvalue weighted by Crippen LogP contribution is -2.37. The molecule has 0 heterocycles. The van der Waals surface area contributed by atoms with E-state index < -0.39 is 6.10 Å². The van der Waals surface area contributed by atoms with E-state index in [1.165, 1.54) is 12.8 Å². The van der Waals surface area contributed by atoms with Crippen molar-refractivity contribution < 1.29 is 14.6 Å². The minimum atomic E-state index is -0.508. The predicted octanol–water partition coefficient (Wildman–Crippen LogP) is 1.82. The molecule has 0 aliphatic heterocycles. The van der Waals surface area contributed by atoms with Gasteiger partial charge in [0.15, 0.2) is 11.5 Å². The zero-order valence-corrected chi connectivity index (χ0v) is 11.6. The summed E-state index contributed by atoms with van der Waals surface area (Å²) in [7, 11) is 1.61. The second-order valence-corrected chi connectivity index (χ2v) is 5.15. The van der Waals surface area contributed by atoms with Gasteiger partial charge in [0.1, 0.15) is 12.7 Å². The van der Waals surface area contributed by atoms with Gasteiger partial charge in [-0.3, -0.25) is 0 Å². The number of hydrogen-bond acceptors (Lipinski definition) is 4. The molecule has 1 aliphatic rings. The molecule has 0 radical (unpaired) electrons. The lowest BCUT2D eigenvalue weighted by Gasteiger charge is -2.17. The summed E-state index contributed by atoms with van der Waals surface area (Å²) in [4.78, 5) is 0. The van der Waals surface area contributed by atoms with Crippen LogP contribution in [-0.2, 0) is 0 Å². The van der Waals surface area contributed by atoms with E-state index in [9.17, 15) is 5.11 Å². The van der Waals surface area contributed by atoms with Gasteiger partial charge in [-0.2, -0.15) is 0 Å². The molecule has 2 N–H and O–H groups in total. The highest BCUT2D eigenvalue weighted by Crippen LogP contribution is 2.32. The molecule has 1 saturated carbocycles. The van der Waals surface area contributed by atoms with Gasteiger partial charge in [0.2, 0.25) is 0 Å². The first-order valence-electron chi connectivity index (χ1n) is 6.88. The average molecular weight is 265 g/mol. The lowest BCUT2D eigenvalue weighted by molar-refractivity contribution is 0.102. The minimum absolute atomic E-state index is 0.269. The van der Waals surface area contributed by atoms with Crippen molar-refractivity contribution in [1.29, 1.82) is 0 Å². The Balaban J connectivity index is 1.71. The number of ether oxygens (including phenoxy) is 2. The largest absolute Gasteiger partial charge is 0.493 e. The van der Waals surface area contributed by atoms with Crippen molar-refractivity contribution in [2.45, 2.75) is 31.9 Å². The molecule has 0 saturated heterocycles. The van der Waals surface area contributed by atoms with Gasteiger partial charge in [-0.05, 0) is 37.8 Å². The van der Waals surface area contributed by atoms with Crippen LogP contribution < -0.4 is 14.8 Å². The van der Waals surface area contributed by atoms with E-state index in [-0.39, 0.29) is 6.61 Å². The van der Waals surface area contributed by atoms with E-state index in [1.807, 2.05) is 24.3 Å². The Morgan fingerprint density at radius 3 is 2.63 bits per heavy atom. The average Bonchev–Trinajstić information content (AvgIpc) is 3.27. The Labute approximate surface area is 114 Å². The lowest BCUT2D eigenvalue weighted by atomic mass is 10.2. The van der Waals surface area contributed by atoms with E-state index in [1.54, 1.807) is 7.11 Å². The van der Waals surface area contributed by atoms with Crippen LogP contribution in [-0.4, -0.2) is 37.5 Å². The molecule has 2 rings (SSSR count). The summed E-state index contributed by atoms with van der Waals surface area (Å²) < 4.78 is 10.8. The molecular formula is C15H23NO3. The third-order valence-electron chi connectivity index (χ3n) is 3.50. The molecule has 4 nitrogen and oxygen atoms in total. The number of aliphatic hydroxyl groups is 1. The minimum Gasteiger partial charge on any atom is -0.493 e. The number of para-hydroxylation sites is 2. The van der Waals surface area contributed by atoms with E-state index in [2.05, 4.69) is 12.2 Å². The van der Waals surface area contributed by atoms with Crippen LogP contribution in [0.4, 0.5) is 0 Å². The van der Waals surface area contributed by atoms with Gasteiger partial charge in [0.25, 0.3) is 0 Å². The van der Waals surface area contributed by atoms with E-state index in [0.717, 1.165) is 5.92 Å². The fraction of sp³-hybridized carbons (Fsp3) is 0.600. The molecule has 0 spiro atoms. The van der Waals surface area contributed by atoms with E-state index in [4.69, 9.17) is 9.47 Å². The number of methoxy groups -OCH3 is 1. The summed E-state index contributed by atoms with van der Waals surface area (Å²) in [6.45, 7) is 3.00. The topological polar surface area (TPSA) is 50.7 Å². The van der Waals surface area contributed by atoms with Gasteiger partial charge < -0.3 is 19.9 Å². The quantitative estimate of drug-likeness (QED) is 0.753. The van der Waals surface area contributed by atoms with Gasteiger partial charge in [0.05, 0.1) is 7.11 Å². The maximum atomic E-state index is 9.90. The van der Waals surface area contributed by atoms with Gasteiger partial charge >= 0.3 is 0 Å². The SMILES string of the molecule is COc1ccccc1OCC(O)CNC(C)C1CC1. The van der Waals surface area contributed by atoms with Crippen molar-refractivity contribution in [3.05, 3.63) is 24.3 Å². The molecule has 1 aromatic carbocycles. The summed E-state index contributed by atoms with van der Waals surface area (Å²) >= 11 is 0. The number of rotatable bonds is 8. The molecule has 1 aliphatic carbocycles. The molecule has 0 bridgehead atoms. The summed E-state index contributed by atoms with van der Waals surface area (Å²) in [6, 6.07) is 7.94. The van der Waals surface area contributed by atoms with Crippen molar-refractivity contribution >= 4 is 0 Å². The normalized spacial score (nSPS) is 17.8. The Morgan fingerprint density at radius 1 is 1.32 bits per heavy atom.